The molecule has 0 N–H and O–H groups in total. The quantitative estimate of drug-likeness (QED) is 0.718. The van der Waals surface area contributed by atoms with Gasteiger partial charge in [0.05, 0.1) is 0 Å². The van der Waals surface area contributed by atoms with Crippen molar-refractivity contribution in [2.24, 2.45) is 11.8 Å². The molecule has 1 aliphatic heterocycles. The lowest BCUT2D eigenvalue weighted by Crippen LogP contribution is -2.48. The van der Waals surface area contributed by atoms with E-state index >= 15 is 0 Å². The number of carbonyl (C=O) groups excluding carboxylic acids is 1. The third-order valence-corrected chi connectivity index (χ3v) is 5.28. The Balaban J connectivity index is 1.64. The zero-order chi connectivity index (χ0) is 13.3. The molecule has 1 amide bonds. The highest BCUT2D eigenvalue weighted by Crippen LogP contribution is 2.47. The Hall–Kier alpha value is -0.730. The first-order valence-corrected chi connectivity index (χ1v) is 8.15. The molecule has 19 heavy (non-hydrogen) atoms. The van der Waals surface area contributed by atoms with E-state index in [-0.39, 0.29) is 11.7 Å². The molecule has 3 aliphatic rings. The number of amides is 1. The maximum absolute atomic E-state index is 12.4. The number of carbonyl (C=O) groups is 1. The highest BCUT2D eigenvalue weighted by atomic mass is 16.6. The monoisotopic (exact) mass is 265 g/mol. The average Bonchev–Trinajstić information content (AvgIpc) is 2.38. The van der Waals surface area contributed by atoms with Crippen LogP contribution in [0.3, 0.4) is 0 Å². The summed E-state index contributed by atoms with van der Waals surface area (Å²) in [5, 5.41) is 0. The second-order valence-corrected chi connectivity index (χ2v) is 7.11. The summed E-state index contributed by atoms with van der Waals surface area (Å²) < 4.78 is 6.05. The number of fused-ring (bicyclic) bond motifs is 2. The molecule has 1 saturated heterocycles. The van der Waals surface area contributed by atoms with Crippen LogP contribution in [0.5, 0.6) is 0 Å². The largest absolute Gasteiger partial charge is 0.443 e. The predicted molar refractivity (Wildman–Crippen MR) is 75.0 cm³/mol. The number of hydrogen-bond donors (Lipinski definition) is 0. The molecule has 0 aromatic rings. The lowest BCUT2D eigenvalue weighted by molar-refractivity contribution is -0.0842. The molecule has 0 aromatic heterocycles. The van der Waals surface area contributed by atoms with Crippen LogP contribution < -0.4 is 0 Å². The number of hydrogen-bond acceptors (Lipinski definition) is 2. The Morgan fingerprint density at radius 3 is 2.74 bits per heavy atom. The van der Waals surface area contributed by atoms with Gasteiger partial charge in [-0.2, -0.15) is 0 Å². The van der Waals surface area contributed by atoms with Gasteiger partial charge in [-0.25, -0.2) is 4.79 Å². The van der Waals surface area contributed by atoms with Crippen LogP contribution in [0.25, 0.3) is 0 Å². The minimum atomic E-state index is -0.116. The maximum atomic E-state index is 12.4. The Morgan fingerprint density at radius 1 is 1.16 bits per heavy atom. The number of ether oxygens (including phenoxy) is 1. The molecule has 2 saturated carbocycles. The molecule has 0 spiro atoms. The molecular formula is C16H27NO2. The lowest BCUT2D eigenvalue weighted by Gasteiger charge is -2.47. The van der Waals surface area contributed by atoms with Crippen molar-refractivity contribution in [3.63, 3.8) is 0 Å². The van der Waals surface area contributed by atoms with Gasteiger partial charge in [0, 0.05) is 13.1 Å². The van der Waals surface area contributed by atoms with Crippen molar-refractivity contribution in [2.45, 2.75) is 70.3 Å². The van der Waals surface area contributed by atoms with Crippen LogP contribution in [0.2, 0.25) is 0 Å². The van der Waals surface area contributed by atoms with E-state index in [0.29, 0.717) is 5.92 Å². The van der Waals surface area contributed by atoms with Gasteiger partial charge in [0.1, 0.15) is 5.60 Å². The summed E-state index contributed by atoms with van der Waals surface area (Å²) in [7, 11) is 0. The number of likely N-dealkylation sites (tertiary alicyclic amines) is 1. The average molecular weight is 265 g/mol. The van der Waals surface area contributed by atoms with E-state index in [9.17, 15) is 4.79 Å². The van der Waals surface area contributed by atoms with E-state index in [1.165, 1.54) is 25.7 Å². The Labute approximate surface area is 116 Å². The molecule has 0 aromatic carbocycles. The van der Waals surface area contributed by atoms with Gasteiger partial charge in [-0.15, -0.1) is 0 Å². The molecule has 108 valence electrons. The van der Waals surface area contributed by atoms with E-state index < -0.39 is 0 Å². The van der Waals surface area contributed by atoms with Gasteiger partial charge in [-0.05, 0) is 63.2 Å². The third-order valence-electron chi connectivity index (χ3n) is 5.28. The first-order chi connectivity index (χ1) is 9.17. The Bertz CT molecular complexity index is 334. The van der Waals surface area contributed by atoms with E-state index in [2.05, 4.69) is 6.92 Å². The van der Waals surface area contributed by atoms with Crippen LogP contribution in [0.1, 0.15) is 64.7 Å². The highest BCUT2D eigenvalue weighted by molar-refractivity contribution is 5.68. The summed E-state index contributed by atoms with van der Waals surface area (Å²) in [6.45, 7) is 4.11. The van der Waals surface area contributed by atoms with E-state index in [4.69, 9.17) is 4.74 Å². The van der Waals surface area contributed by atoms with Crippen LogP contribution in [0.15, 0.2) is 0 Å². The molecule has 2 aliphatic carbocycles. The number of piperidine rings is 1. The van der Waals surface area contributed by atoms with Gasteiger partial charge in [-0.1, -0.05) is 13.3 Å². The molecule has 1 heterocycles. The summed E-state index contributed by atoms with van der Waals surface area (Å²) in [4.78, 5) is 14.3. The fourth-order valence-corrected chi connectivity index (χ4v) is 4.58. The van der Waals surface area contributed by atoms with Crippen LogP contribution in [0, 0.1) is 11.8 Å². The molecule has 3 unspecified atom stereocenters. The zero-order valence-electron chi connectivity index (χ0n) is 12.2. The third kappa shape index (κ3) is 2.90. The van der Waals surface area contributed by atoms with Crippen molar-refractivity contribution in [3.8, 4) is 0 Å². The molecule has 3 rings (SSSR count). The van der Waals surface area contributed by atoms with Gasteiger partial charge in [0.25, 0.3) is 0 Å². The van der Waals surface area contributed by atoms with Gasteiger partial charge >= 0.3 is 6.09 Å². The zero-order valence-corrected chi connectivity index (χ0v) is 12.2. The molecule has 2 bridgehead atoms. The SMILES string of the molecule is CC1CC2CCCC(OC(=O)N3CCCCC3)(C1)C2. The van der Waals surface area contributed by atoms with Crippen LogP contribution >= 0.6 is 0 Å². The van der Waals surface area contributed by atoms with E-state index in [0.717, 1.165) is 51.1 Å². The summed E-state index contributed by atoms with van der Waals surface area (Å²) in [6.07, 6.45) is 10.7. The van der Waals surface area contributed by atoms with Gasteiger partial charge in [0.15, 0.2) is 0 Å². The first kappa shape index (κ1) is 13.3. The standard InChI is InChI=1S/C16H27NO2/c1-13-10-14-6-5-7-16(11-13,12-14)19-15(18)17-8-3-2-4-9-17/h13-14H,2-12H2,1H3. The fraction of sp³-hybridized carbons (Fsp3) is 0.938. The highest BCUT2D eigenvalue weighted by Gasteiger charge is 2.45. The molecule has 3 nitrogen and oxygen atoms in total. The van der Waals surface area contributed by atoms with Crippen molar-refractivity contribution in [1.82, 2.24) is 4.90 Å². The van der Waals surface area contributed by atoms with Gasteiger partial charge in [-0.3, -0.25) is 0 Å². The number of rotatable bonds is 1. The minimum absolute atomic E-state index is 0.0329. The van der Waals surface area contributed by atoms with Crippen LogP contribution in [-0.2, 0) is 4.74 Å². The van der Waals surface area contributed by atoms with Gasteiger partial charge < -0.3 is 9.64 Å². The van der Waals surface area contributed by atoms with E-state index in [1.54, 1.807) is 0 Å². The van der Waals surface area contributed by atoms with Gasteiger partial charge in [0.2, 0.25) is 0 Å². The normalized spacial score (nSPS) is 38.9. The predicted octanol–water partition coefficient (Wildman–Crippen LogP) is 3.97. The van der Waals surface area contributed by atoms with Crippen LogP contribution in [-0.4, -0.2) is 29.7 Å². The van der Waals surface area contributed by atoms with Crippen molar-refractivity contribution >= 4 is 6.09 Å². The summed E-state index contributed by atoms with van der Waals surface area (Å²) in [6, 6.07) is 0. The smallest absolute Gasteiger partial charge is 0.410 e. The maximum Gasteiger partial charge on any atom is 0.410 e. The van der Waals surface area contributed by atoms with Crippen molar-refractivity contribution < 1.29 is 9.53 Å². The van der Waals surface area contributed by atoms with E-state index in [1.807, 2.05) is 4.90 Å². The summed E-state index contributed by atoms with van der Waals surface area (Å²) in [5.74, 6) is 1.51. The Morgan fingerprint density at radius 2 is 1.95 bits per heavy atom. The molecule has 3 fully saturated rings. The molecule has 3 atom stereocenters. The van der Waals surface area contributed by atoms with Crippen molar-refractivity contribution in [3.05, 3.63) is 0 Å². The summed E-state index contributed by atoms with van der Waals surface area (Å²) >= 11 is 0. The van der Waals surface area contributed by atoms with Crippen LogP contribution in [0.4, 0.5) is 4.79 Å². The second-order valence-electron chi connectivity index (χ2n) is 7.11. The second kappa shape index (κ2) is 5.34. The van der Waals surface area contributed by atoms with Crippen molar-refractivity contribution in [1.29, 1.82) is 0 Å². The summed E-state index contributed by atoms with van der Waals surface area (Å²) in [5.41, 5.74) is -0.116. The first-order valence-electron chi connectivity index (χ1n) is 8.15. The molecule has 3 heteroatoms. The molecule has 0 radical (unpaired) electrons. The topological polar surface area (TPSA) is 29.5 Å². The van der Waals surface area contributed by atoms with Crippen molar-refractivity contribution in [2.75, 3.05) is 13.1 Å². The Kier molecular flexibility index (Phi) is 3.72. The lowest BCUT2D eigenvalue weighted by atomic mass is 9.65. The fourth-order valence-electron chi connectivity index (χ4n) is 4.58. The minimum Gasteiger partial charge on any atom is -0.443 e. The number of nitrogens with zero attached hydrogens (tertiary/aromatic N) is 1. The molecular weight excluding hydrogens is 238 g/mol.